The quantitative estimate of drug-likeness (QED) is 0.531. The average Bonchev–Trinajstić information content (AvgIpc) is 1.88. The van der Waals surface area contributed by atoms with Gasteiger partial charge in [0.25, 0.3) is 0 Å². The lowest BCUT2D eigenvalue weighted by atomic mass is 9.93. The summed E-state index contributed by atoms with van der Waals surface area (Å²) in [6.45, 7) is 4.68. The number of piperidine rings is 1. The van der Waals surface area contributed by atoms with E-state index in [0.717, 1.165) is 19.0 Å². The van der Waals surface area contributed by atoms with Crippen molar-refractivity contribution in [2.75, 3.05) is 19.7 Å². The number of rotatable bonds is 1. The Morgan fingerprint density at radius 1 is 1.56 bits per heavy atom. The summed E-state index contributed by atoms with van der Waals surface area (Å²) < 4.78 is 0. The summed E-state index contributed by atoms with van der Waals surface area (Å²) in [5.41, 5.74) is 0. The first kappa shape index (κ1) is 7.03. The van der Waals surface area contributed by atoms with Gasteiger partial charge in [0.15, 0.2) is 0 Å². The Morgan fingerprint density at radius 2 is 2.33 bits per heavy atom. The minimum absolute atomic E-state index is 0.345. The zero-order valence-corrected chi connectivity index (χ0v) is 5.93. The van der Waals surface area contributed by atoms with Gasteiger partial charge in [-0.25, -0.2) is 0 Å². The summed E-state index contributed by atoms with van der Waals surface area (Å²) in [4.78, 5) is 0. The molecular formula is C7H15NO. The molecule has 1 fully saturated rings. The van der Waals surface area contributed by atoms with Crippen LogP contribution in [0.1, 0.15) is 13.3 Å². The van der Waals surface area contributed by atoms with Gasteiger partial charge in [0.05, 0.1) is 0 Å². The van der Waals surface area contributed by atoms with Crippen LogP contribution in [0.5, 0.6) is 0 Å². The standard InChI is InChI=1S/C7H15NO/c1-6-2-7(5-9)4-8-3-6/h6-9H,2-5H2,1H3/t6-,7-/m0/s1. The van der Waals surface area contributed by atoms with E-state index >= 15 is 0 Å². The molecule has 2 N–H and O–H groups in total. The predicted octanol–water partition coefficient (Wildman–Crippen LogP) is 0.224. The molecule has 0 saturated carbocycles. The van der Waals surface area contributed by atoms with Gasteiger partial charge in [-0.2, -0.15) is 0 Å². The van der Waals surface area contributed by atoms with Crippen LogP contribution in [-0.4, -0.2) is 24.8 Å². The van der Waals surface area contributed by atoms with Gasteiger partial charge in [0.1, 0.15) is 0 Å². The van der Waals surface area contributed by atoms with Gasteiger partial charge >= 0.3 is 0 Å². The zero-order chi connectivity index (χ0) is 6.69. The maximum atomic E-state index is 8.77. The van der Waals surface area contributed by atoms with Crippen LogP contribution in [0.25, 0.3) is 0 Å². The Bertz CT molecular complexity index is 85.0. The van der Waals surface area contributed by atoms with Gasteiger partial charge in [-0.15, -0.1) is 0 Å². The van der Waals surface area contributed by atoms with E-state index < -0.39 is 0 Å². The maximum absolute atomic E-state index is 8.77. The molecule has 0 aromatic carbocycles. The van der Waals surface area contributed by atoms with E-state index in [0.29, 0.717) is 12.5 Å². The van der Waals surface area contributed by atoms with Crippen LogP contribution in [0.3, 0.4) is 0 Å². The van der Waals surface area contributed by atoms with Crippen LogP contribution < -0.4 is 5.32 Å². The second-order valence-electron chi connectivity index (χ2n) is 3.05. The van der Waals surface area contributed by atoms with E-state index in [1.165, 1.54) is 6.42 Å². The SMILES string of the molecule is C[C@@H]1CNC[C@@H](CO)C1. The van der Waals surface area contributed by atoms with Crippen LogP contribution >= 0.6 is 0 Å². The van der Waals surface area contributed by atoms with Gasteiger partial charge in [-0.1, -0.05) is 6.92 Å². The van der Waals surface area contributed by atoms with Crippen LogP contribution in [0.4, 0.5) is 0 Å². The number of aliphatic hydroxyl groups is 1. The molecule has 0 bridgehead atoms. The first-order valence-electron chi connectivity index (χ1n) is 3.64. The molecule has 1 aliphatic heterocycles. The number of hydrogen-bond donors (Lipinski definition) is 2. The van der Waals surface area contributed by atoms with E-state index in [1.807, 2.05) is 0 Å². The molecule has 0 radical (unpaired) electrons. The summed E-state index contributed by atoms with van der Waals surface area (Å²) in [5.74, 6) is 1.25. The predicted molar refractivity (Wildman–Crippen MR) is 37.2 cm³/mol. The highest BCUT2D eigenvalue weighted by Gasteiger charge is 2.16. The monoisotopic (exact) mass is 129 g/mol. The highest BCUT2D eigenvalue weighted by atomic mass is 16.3. The third-order valence-corrected chi connectivity index (χ3v) is 1.92. The Morgan fingerprint density at radius 3 is 2.78 bits per heavy atom. The molecule has 1 aliphatic rings. The van der Waals surface area contributed by atoms with Crippen molar-refractivity contribution in [2.24, 2.45) is 11.8 Å². The van der Waals surface area contributed by atoms with Gasteiger partial charge < -0.3 is 10.4 Å². The Kier molecular flexibility index (Phi) is 2.49. The Labute approximate surface area is 56.3 Å². The fourth-order valence-corrected chi connectivity index (χ4v) is 1.41. The first-order valence-corrected chi connectivity index (χ1v) is 3.64. The molecule has 0 unspecified atom stereocenters. The fraction of sp³-hybridized carbons (Fsp3) is 1.00. The van der Waals surface area contributed by atoms with E-state index in [2.05, 4.69) is 12.2 Å². The summed E-state index contributed by atoms with van der Waals surface area (Å²) in [5, 5.41) is 12.0. The van der Waals surface area contributed by atoms with Crippen molar-refractivity contribution in [1.29, 1.82) is 0 Å². The molecule has 1 rings (SSSR count). The molecule has 2 atom stereocenters. The summed E-state index contributed by atoms with van der Waals surface area (Å²) in [6, 6.07) is 0. The summed E-state index contributed by atoms with van der Waals surface area (Å²) >= 11 is 0. The number of nitrogens with one attached hydrogen (secondary N) is 1. The molecular weight excluding hydrogens is 114 g/mol. The number of hydrogen-bond acceptors (Lipinski definition) is 2. The van der Waals surface area contributed by atoms with E-state index in [-0.39, 0.29) is 0 Å². The van der Waals surface area contributed by atoms with Crippen molar-refractivity contribution in [2.45, 2.75) is 13.3 Å². The summed E-state index contributed by atoms with van der Waals surface area (Å²) in [7, 11) is 0. The molecule has 1 heterocycles. The lowest BCUT2D eigenvalue weighted by Crippen LogP contribution is -2.36. The van der Waals surface area contributed by atoms with Crippen LogP contribution in [0.15, 0.2) is 0 Å². The molecule has 1 saturated heterocycles. The van der Waals surface area contributed by atoms with Crippen molar-refractivity contribution in [3.05, 3.63) is 0 Å². The first-order chi connectivity index (χ1) is 4.33. The van der Waals surface area contributed by atoms with Crippen molar-refractivity contribution in [1.82, 2.24) is 5.32 Å². The minimum atomic E-state index is 0.345. The maximum Gasteiger partial charge on any atom is 0.0471 e. The molecule has 0 spiro atoms. The van der Waals surface area contributed by atoms with Gasteiger partial charge in [0, 0.05) is 13.2 Å². The second-order valence-corrected chi connectivity index (χ2v) is 3.05. The van der Waals surface area contributed by atoms with E-state index in [9.17, 15) is 0 Å². The van der Waals surface area contributed by atoms with E-state index in [4.69, 9.17) is 5.11 Å². The number of aliphatic hydroxyl groups excluding tert-OH is 1. The van der Waals surface area contributed by atoms with Gasteiger partial charge in [-0.3, -0.25) is 0 Å². The lowest BCUT2D eigenvalue weighted by molar-refractivity contribution is 0.177. The van der Waals surface area contributed by atoms with Crippen LogP contribution in [-0.2, 0) is 0 Å². The highest BCUT2D eigenvalue weighted by molar-refractivity contribution is 4.72. The smallest absolute Gasteiger partial charge is 0.0471 e. The van der Waals surface area contributed by atoms with Crippen molar-refractivity contribution in [3.8, 4) is 0 Å². The van der Waals surface area contributed by atoms with Crippen molar-refractivity contribution >= 4 is 0 Å². The van der Waals surface area contributed by atoms with E-state index in [1.54, 1.807) is 0 Å². The average molecular weight is 129 g/mol. The van der Waals surface area contributed by atoms with Gasteiger partial charge in [0.2, 0.25) is 0 Å². The molecule has 0 aromatic heterocycles. The minimum Gasteiger partial charge on any atom is -0.396 e. The lowest BCUT2D eigenvalue weighted by Gasteiger charge is -2.25. The topological polar surface area (TPSA) is 32.3 Å². The van der Waals surface area contributed by atoms with Crippen LogP contribution in [0, 0.1) is 11.8 Å². The third kappa shape index (κ3) is 1.95. The van der Waals surface area contributed by atoms with Crippen LogP contribution in [0.2, 0.25) is 0 Å². The third-order valence-electron chi connectivity index (χ3n) is 1.92. The van der Waals surface area contributed by atoms with Crippen molar-refractivity contribution < 1.29 is 5.11 Å². The normalized spacial score (nSPS) is 36.7. The second kappa shape index (κ2) is 3.18. The molecule has 0 amide bonds. The van der Waals surface area contributed by atoms with Gasteiger partial charge in [-0.05, 0) is 24.8 Å². The fourth-order valence-electron chi connectivity index (χ4n) is 1.41. The Balaban J connectivity index is 2.23. The molecule has 2 heteroatoms. The largest absolute Gasteiger partial charge is 0.396 e. The van der Waals surface area contributed by atoms with Crippen molar-refractivity contribution in [3.63, 3.8) is 0 Å². The molecule has 9 heavy (non-hydrogen) atoms. The zero-order valence-electron chi connectivity index (χ0n) is 5.93. The summed E-state index contributed by atoms with van der Waals surface area (Å²) in [6.07, 6.45) is 1.18. The molecule has 0 aromatic rings. The highest BCUT2D eigenvalue weighted by Crippen LogP contribution is 2.14. The molecule has 0 aliphatic carbocycles. The Hall–Kier alpha value is -0.0800. The molecule has 54 valence electrons. The molecule has 2 nitrogen and oxygen atoms in total.